The van der Waals surface area contributed by atoms with Crippen LogP contribution in [0.25, 0.3) is 0 Å². The molecule has 0 spiro atoms. The Morgan fingerprint density at radius 2 is 2.10 bits per heavy atom. The number of benzene rings is 2. The summed E-state index contributed by atoms with van der Waals surface area (Å²) >= 11 is 4.95. The van der Waals surface area contributed by atoms with Gasteiger partial charge in [-0.2, -0.15) is 0 Å². The summed E-state index contributed by atoms with van der Waals surface area (Å²) < 4.78 is 6.13. The molecule has 0 amide bonds. The van der Waals surface area contributed by atoms with Crippen LogP contribution in [-0.2, 0) is 0 Å². The van der Waals surface area contributed by atoms with E-state index < -0.39 is 0 Å². The van der Waals surface area contributed by atoms with E-state index in [4.69, 9.17) is 15.7 Å². The van der Waals surface area contributed by atoms with Crippen LogP contribution in [0.4, 0.5) is 0 Å². The number of hydrogen-bond donors (Lipinski definition) is 2. The highest BCUT2D eigenvalue weighted by Gasteiger charge is 2.10. The highest BCUT2D eigenvalue weighted by molar-refractivity contribution is 9.10. The van der Waals surface area contributed by atoms with Crippen LogP contribution in [-0.4, -0.2) is 18.2 Å². The fourth-order valence-electron chi connectivity index (χ4n) is 1.64. The first-order chi connectivity index (χ1) is 9.63. The van der Waals surface area contributed by atoms with Crippen LogP contribution >= 0.6 is 27.7 Å². The number of hydrogen-bond acceptors (Lipinski definition) is 4. The van der Waals surface area contributed by atoms with Gasteiger partial charge < -0.3 is 15.7 Å². The highest BCUT2D eigenvalue weighted by Crippen LogP contribution is 2.34. The van der Waals surface area contributed by atoms with E-state index in [9.17, 15) is 0 Å². The molecule has 20 heavy (non-hydrogen) atoms. The van der Waals surface area contributed by atoms with E-state index in [1.807, 2.05) is 42.5 Å². The quantitative estimate of drug-likeness (QED) is 0.381. The second-order valence-corrected chi connectivity index (χ2v) is 5.94. The average Bonchev–Trinajstić information content (AvgIpc) is 2.47. The maximum absolute atomic E-state index is 8.85. The fourth-order valence-corrected chi connectivity index (χ4v) is 3.19. The van der Waals surface area contributed by atoms with Crippen molar-refractivity contribution in [3.8, 4) is 5.75 Å². The fraction of sp³-hybridized carbons (Fsp3) is 0.0714. The molecule has 0 aliphatic rings. The number of rotatable bonds is 4. The zero-order chi connectivity index (χ0) is 14.5. The molecule has 4 nitrogen and oxygen atoms in total. The molecule has 0 fully saturated rings. The molecule has 2 aromatic rings. The summed E-state index contributed by atoms with van der Waals surface area (Å²) in [5, 5.41) is 11.9. The summed E-state index contributed by atoms with van der Waals surface area (Å²) in [5.74, 6) is 0.873. The molecule has 6 heteroatoms. The van der Waals surface area contributed by atoms with Crippen LogP contribution in [0.1, 0.15) is 5.56 Å². The van der Waals surface area contributed by atoms with Crippen molar-refractivity contribution in [2.24, 2.45) is 10.9 Å². The summed E-state index contributed by atoms with van der Waals surface area (Å²) in [7, 11) is 1.63. The van der Waals surface area contributed by atoms with Crippen LogP contribution in [0.5, 0.6) is 5.75 Å². The number of halogens is 1. The van der Waals surface area contributed by atoms with Gasteiger partial charge in [-0.3, -0.25) is 0 Å². The van der Waals surface area contributed by atoms with E-state index in [2.05, 4.69) is 21.1 Å². The van der Waals surface area contributed by atoms with E-state index in [0.717, 1.165) is 20.0 Å². The Kier molecular flexibility index (Phi) is 4.92. The second-order valence-electron chi connectivity index (χ2n) is 3.91. The van der Waals surface area contributed by atoms with Gasteiger partial charge in [0.25, 0.3) is 0 Å². The summed E-state index contributed by atoms with van der Waals surface area (Å²) in [6.07, 6.45) is 0. The molecule has 0 atom stereocenters. The van der Waals surface area contributed by atoms with Crippen molar-refractivity contribution in [1.82, 2.24) is 0 Å². The lowest BCUT2D eigenvalue weighted by molar-refractivity contribution is 0.318. The van der Waals surface area contributed by atoms with Gasteiger partial charge in [-0.1, -0.05) is 38.9 Å². The second kappa shape index (κ2) is 6.67. The maximum Gasteiger partial charge on any atom is 0.171 e. The molecule has 0 aliphatic heterocycles. The summed E-state index contributed by atoms with van der Waals surface area (Å²) in [5.41, 5.74) is 6.39. The number of oxime groups is 1. The summed E-state index contributed by atoms with van der Waals surface area (Å²) in [6, 6.07) is 13.3. The number of ether oxygens (including phenoxy) is 1. The Hall–Kier alpha value is -1.66. The molecule has 104 valence electrons. The van der Waals surface area contributed by atoms with Crippen molar-refractivity contribution >= 4 is 33.5 Å². The Labute approximate surface area is 129 Å². The molecule has 3 N–H and O–H groups in total. The van der Waals surface area contributed by atoms with E-state index >= 15 is 0 Å². The predicted molar refractivity (Wildman–Crippen MR) is 83.8 cm³/mol. The Morgan fingerprint density at radius 3 is 2.80 bits per heavy atom. The molecule has 0 heterocycles. The van der Waals surface area contributed by atoms with E-state index in [1.54, 1.807) is 7.11 Å². The van der Waals surface area contributed by atoms with Crippen molar-refractivity contribution in [2.45, 2.75) is 9.79 Å². The monoisotopic (exact) mass is 352 g/mol. The number of nitrogens with two attached hydrogens (primary N) is 1. The topological polar surface area (TPSA) is 67.8 Å². The molecule has 0 unspecified atom stereocenters. The number of nitrogens with zero attached hydrogens (tertiary/aromatic N) is 1. The third kappa shape index (κ3) is 3.46. The number of amidine groups is 1. The Bertz CT molecular complexity index is 647. The minimum absolute atomic E-state index is 0.0860. The van der Waals surface area contributed by atoms with E-state index in [0.29, 0.717) is 5.56 Å². The normalized spacial score (nSPS) is 11.4. The highest BCUT2D eigenvalue weighted by atomic mass is 79.9. The van der Waals surface area contributed by atoms with Gasteiger partial charge in [0, 0.05) is 19.8 Å². The van der Waals surface area contributed by atoms with Gasteiger partial charge in [0.2, 0.25) is 0 Å². The van der Waals surface area contributed by atoms with Crippen molar-refractivity contribution < 1.29 is 9.94 Å². The molecular formula is C14H13BrN2O2S. The van der Waals surface area contributed by atoms with Crippen molar-refractivity contribution in [3.05, 3.63) is 52.5 Å². The molecular weight excluding hydrogens is 340 g/mol. The lowest BCUT2D eigenvalue weighted by Crippen LogP contribution is -2.14. The number of methoxy groups -OCH3 is 1. The van der Waals surface area contributed by atoms with E-state index in [-0.39, 0.29) is 5.84 Å². The molecule has 0 saturated carbocycles. The van der Waals surface area contributed by atoms with Gasteiger partial charge in [-0.05, 0) is 36.4 Å². The molecule has 0 saturated heterocycles. The Balaban J connectivity index is 2.39. The van der Waals surface area contributed by atoms with Gasteiger partial charge in [0.1, 0.15) is 5.75 Å². The zero-order valence-electron chi connectivity index (χ0n) is 10.7. The van der Waals surface area contributed by atoms with Gasteiger partial charge in [0.15, 0.2) is 5.84 Å². The molecule has 0 bridgehead atoms. The van der Waals surface area contributed by atoms with Crippen molar-refractivity contribution in [2.75, 3.05) is 7.11 Å². The largest absolute Gasteiger partial charge is 0.497 e. The summed E-state index contributed by atoms with van der Waals surface area (Å²) in [6.45, 7) is 0. The van der Waals surface area contributed by atoms with Gasteiger partial charge in [-0.15, -0.1) is 0 Å². The first-order valence-electron chi connectivity index (χ1n) is 5.73. The van der Waals surface area contributed by atoms with Crippen LogP contribution in [0.15, 0.2) is 61.9 Å². The van der Waals surface area contributed by atoms with Crippen LogP contribution < -0.4 is 10.5 Å². The predicted octanol–water partition coefficient (Wildman–Crippen LogP) is 3.70. The van der Waals surface area contributed by atoms with Gasteiger partial charge in [-0.25, -0.2) is 0 Å². The molecule has 0 aliphatic carbocycles. The molecule has 0 radical (unpaired) electrons. The smallest absolute Gasteiger partial charge is 0.171 e. The summed E-state index contributed by atoms with van der Waals surface area (Å²) in [4.78, 5) is 1.90. The van der Waals surface area contributed by atoms with Crippen molar-refractivity contribution in [3.63, 3.8) is 0 Å². The zero-order valence-corrected chi connectivity index (χ0v) is 13.1. The first-order valence-corrected chi connectivity index (χ1v) is 7.34. The van der Waals surface area contributed by atoms with Gasteiger partial charge in [0.05, 0.1) is 7.11 Å². The van der Waals surface area contributed by atoms with E-state index in [1.165, 1.54) is 11.8 Å². The van der Waals surface area contributed by atoms with Crippen LogP contribution in [0, 0.1) is 0 Å². The average molecular weight is 353 g/mol. The minimum Gasteiger partial charge on any atom is -0.497 e. The molecule has 0 aromatic heterocycles. The molecule has 2 rings (SSSR count). The SMILES string of the molecule is COc1cccc(Sc2cc(Br)ccc2/C(N)=N/O)c1. The Morgan fingerprint density at radius 1 is 1.30 bits per heavy atom. The van der Waals surface area contributed by atoms with Crippen molar-refractivity contribution in [1.29, 1.82) is 0 Å². The molecule has 2 aromatic carbocycles. The maximum atomic E-state index is 8.85. The lowest BCUT2D eigenvalue weighted by atomic mass is 10.2. The minimum atomic E-state index is 0.0860. The standard InChI is InChI=1S/C14H13BrN2O2S/c1-19-10-3-2-4-11(8-10)20-13-7-9(15)5-6-12(13)14(16)17-18/h2-8,18H,1H3,(H2,16,17). The first kappa shape index (κ1) is 14.7. The van der Waals surface area contributed by atoms with Crippen LogP contribution in [0.2, 0.25) is 0 Å². The third-order valence-corrected chi connectivity index (χ3v) is 4.14. The van der Waals surface area contributed by atoms with Gasteiger partial charge >= 0.3 is 0 Å². The van der Waals surface area contributed by atoms with Crippen LogP contribution in [0.3, 0.4) is 0 Å². The third-order valence-electron chi connectivity index (χ3n) is 2.60. The lowest BCUT2D eigenvalue weighted by Gasteiger charge is -2.09.